The highest BCUT2D eigenvalue weighted by Gasteiger charge is 2.62. The van der Waals surface area contributed by atoms with E-state index in [0.29, 0.717) is 38.5 Å². The molecule has 4 unspecified atom stereocenters. The topological polar surface area (TPSA) is 151 Å². The number of hydrogen-bond acceptors (Lipinski definition) is 7. The molecule has 220 valence electrons. The van der Waals surface area contributed by atoms with Crippen LogP contribution < -0.4 is 15.4 Å². The SMILES string of the molecule is CC(C)(C)OC(=O)NC1CCCCCC=CC2CC2(C(=O)NS(=O)(=O)C(F)(F)F)NC(=O)C2CCCN2C1=O. The van der Waals surface area contributed by atoms with Crippen LogP contribution in [0.1, 0.15) is 72.1 Å². The predicted octanol–water partition coefficient (Wildman–Crippen LogP) is 2.23. The fourth-order valence-corrected chi connectivity index (χ4v) is 5.36. The Hall–Kier alpha value is -2.84. The summed E-state index contributed by atoms with van der Waals surface area (Å²) in [5, 5.41) is 5.04. The molecule has 2 aliphatic heterocycles. The predicted molar refractivity (Wildman–Crippen MR) is 132 cm³/mol. The van der Waals surface area contributed by atoms with E-state index in [-0.39, 0.29) is 19.4 Å². The molecule has 0 aromatic rings. The van der Waals surface area contributed by atoms with Crippen molar-refractivity contribution in [2.45, 2.75) is 101 Å². The van der Waals surface area contributed by atoms with E-state index in [2.05, 4.69) is 10.6 Å². The van der Waals surface area contributed by atoms with Crippen molar-refractivity contribution in [3.8, 4) is 0 Å². The van der Waals surface area contributed by atoms with Gasteiger partial charge in [0.05, 0.1) is 0 Å². The summed E-state index contributed by atoms with van der Waals surface area (Å²) in [5.41, 5.74) is -8.42. The zero-order valence-corrected chi connectivity index (χ0v) is 22.9. The molecule has 3 rings (SSSR count). The number of carbonyl (C=O) groups excluding carboxylic acids is 4. The molecule has 1 saturated carbocycles. The molecule has 11 nitrogen and oxygen atoms in total. The number of nitrogens with zero attached hydrogens (tertiary/aromatic N) is 1. The molecule has 39 heavy (non-hydrogen) atoms. The fraction of sp³-hybridized carbons (Fsp3) is 0.750. The first-order chi connectivity index (χ1) is 18.0. The van der Waals surface area contributed by atoms with Gasteiger partial charge in [0.2, 0.25) is 11.8 Å². The number of alkyl halides is 3. The van der Waals surface area contributed by atoms with Crippen molar-refractivity contribution in [3.05, 3.63) is 12.2 Å². The van der Waals surface area contributed by atoms with Gasteiger partial charge in [-0.2, -0.15) is 21.6 Å². The standard InChI is InChI=1S/C24H35F3N4O7S/c1-22(2,3)38-21(35)28-16-11-8-6-4-5-7-10-15-14-23(15,20(34)30-39(36,37)24(25,26)27)29-18(32)17-12-9-13-31(17)19(16)33/h7,10,15-17H,4-6,8-9,11-14H2,1-3H3,(H,28,35)(H,29,32)(H,30,34). The minimum Gasteiger partial charge on any atom is -0.444 e. The minimum atomic E-state index is -5.99. The van der Waals surface area contributed by atoms with Gasteiger partial charge in [0.15, 0.2) is 0 Å². The second-order valence-corrected chi connectivity index (χ2v) is 12.8. The van der Waals surface area contributed by atoms with Crippen LogP contribution in [0.25, 0.3) is 0 Å². The third-order valence-corrected chi connectivity index (χ3v) is 7.92. The maximum atomic E-state index is 13.5. The number of alkyl carbamates (subject to hydrolysis) is 1. The van der Waals surface area contributed by atoms with E-state index in [4.69, 9.17) is 4.74 Å². The van der Waals surface area contributed by atoms with Gasteiger partial charge in [-0.3, -0.25) is 14.4 Å². The van der Waals surface area contributed by atoms with Crippen LogP contribution in [-0.4, -0.2) is 72.4 Å². The summed E-state index contributed by atoms with van der Waals surface area (Å²) in [4.78, 5) is 53.3. The quantitative estimate of drug-likeness (QED) is 0.433. The Kier molecular flexibility index (Phi) is 8.92. The number of fused-ring (bicyclic) bond motifs is 2. The molecule has 0 aromatic heterocycles. The Balaban J connectivity index is 1.85. The highest BCUT2D eigenvalue weighted by molar-refractivity contribution is 7.90. The highest BCUT2D eigenvalue weighted by Crippen LogP contribution is 2.46. The third kappa shape index (κ3) is 7.42. The lowest BCUT2D eigenvalue weighted by Crippen LogP contribution is -2.59. The number of halogens is 3. The van der Waals surface area contributed by atoms with Crippen molar-refractivity contribution in [2.24, 2.45) is 5.92 Å². The van der Waals surface area contributed by atoms with Gasteiger partial charge in [-0.1, -0.05) is 25.0 Å². The molecular weight excluding hydrogens is 545 g/mol. The smallest absolute Gasteiger partial charge is 0.444 e. The van der Waals surface area contributed by atoms with E-state index < -0.39 is 68.5 Å². The number of sulfonamides is 1. The lowest BCUT2D eigenvalue weighted by Gasteiger charge is -2.30. The summed E-state index contributed by atoms with van der Waals surface area (Å²) in [6.45, 7) is 5.22. The minimum absolute atomic E-state index is 0.0993. The number of carbonyl (C=O) groups is 4. The van der Waals surface area contributed by atoms with Gasteiger partial charge in [-0.15, -0.1) is 0 Å². The third-order valence-electron chi connectivity index (χ3n) is 6.86. The molecular formula is C24H35F3N4O7S. The summed E-state index contributed by atoms with van der Waals surface area (Å²) >= 11 is 0. The Labute approximate surface area is 225 Å². The lowest BCUT2D eigenvalue weighted by molar-refractivity contribution is -0.141. The Morgan fingerprint density at radius 1 is 1.10 bits per heavy atom. The second kappa shape index (κ2) is 11.3. The van der Waals surface area contributed by atoms with Crippen LogP contribution in [-0.2, 0) is 29.1 Å². The molecule has 4 amide bonds. The number of amides is 4. The van der Waals surface area contributed by atoms with Crippen molar-refractivity contribution in [3.63, 3.8) is 0 Å². The van der Waals surface area contributed by atoms with Crippen LogP contribution in [0.5, 0.6) is 0 Å². The first kappa shape index (κ1) is 30.7. The molecule has 0 radical (unpaired) electrons. The molecule has 2 fully saturated rings. The monoisotopic (exact) mass is 580 g/mol. The van der Waals surface area contributed by atoms with Gasteiger partial charge in [-0.25, -0.2) is 9.52 Å². The van der Waals surface area contributed by atoms with Crippen LogP contribution >= 0.6 is 0 Å². The first-order valence-corrected chi connectivity index (χ1v) is 14.4. The van der Waals surface area contributed by atoms with Crippen molar-refractivity contribution < 1.29 is 45.5 Å². The maximum Gasteiger partial charge on any atom is 0.516 e. The average Bonchev–Trinajstić information content (AvgIpc) is 3.25. The lowest BCUT2D eigenvalue weighted by atomic mass is 10.0. The molecule has 3 N–H and O–H groups in total. The zero-order chi connectivity index (χ0) is 29.2. The van der Waals surface area contributed by atoms with Gasteiger partial charge in [0.1, 0.15) is 23.2 Å². The molecule has 0 bridgehead atoms. The largest absolute Gasteiger partial charge is 0.516 e. The van der Waals surface area contributed by atoms with E-state index in [0.717, 1.165) is 4.72 Å². The summed E-state index contributed by atoms with van der Waals surface area (Å²) in [6, 6.07) is -2.03. The van der Waals surface area contributed by atoms with E-state index >= 15 is 0 Å². The van der Waals surface area contributed by atoms with Crippen LogP contribution in [0, 0.1) is 5.92 Å². The number of nitrogens with one attached hydrogen (secondary N) is 3. The second-order valence-electron chi connectivity index (χ2n) is 11.1. The Bertz CT molecular complexity index is 1120. The van der Waals surface area contributed by atoms with Gasteiger partial charge in [-0.05, 0) is 59.3 Å². The van der Waals surface area contributed by atoms with Crippen LogP contribution in [0.4, 0.5) is 18.0 Å². The molecule has 15 heteroatoms. The zero-order valence-electron chi connectivity index (χ0n) is 22.1. The van der Waals surface area contributed by atoms with Gasteiger partial charge < -0.3 is 20.3 Å². The Morgan fingerprint density at radius 3 is 2.44 bits per heavy atom. The summed E-state index contributed by atoms with van der Waals surface area (Å²) in [7, 11) is -5.99. The highest BCUT2D eigenvalue weighted by atomic mass is 32.2. The van der Waals surface area contributed by atoms with E-state index in [1.54, 1.807) is 32.9 Å². The van der Waals surface area contributed by atoms with Crippen molar-refractivity contribution in [2.75, 3.05) is 6.54 Å². The van der Waals surface area contributed by atoms with Crippen LogP contribution in [0.2, 0.25) is 0 Å². The summed E-state index contributed by atoms with van der Waals surface area (Å²) < 4.78 is 68.3. The molecule has 3 aliphatic rings. The van der Waals surface area contributed by atoms with E-state index in [9.17, 15) is 40.8 Å². The van der Waals surface area contributed by atoms with E-state index in [1.165, 1.54) is 4.90 Å². The van der Waals surface area contributed by atoms with Crippen LogP contribution in [0.15, 0.2) is 12.2 Å². The molecule has 1 saturated heterocycles. The maximum absolute atomic E-state index is 13.5. The van der Waals surface area contributed by atoms with Crippen molar-refractivity contribution >= 4 is 33.8 Å². The average molecular weight is 581 g/mol. The normalized spacial score (nSPS) is 28.8. The van der Waals surface area contributed by atoms with Crippen molar-refractivity contribution in [1.29, 1.82) is 0 Å². The van der Waals surface area contributed by atoms with Gasteiger partial charge in [0.25, 0.3) is 5.91 Å². The summed E-state index contributed by atoms with van der Waals surface area (Å²) in [5.74, 6) is -3.52. The first-order valence-electron chi connectivity index (χ1n) is 12.9. The number of ether oxygens (including phenoxy) is 1. The number of hydrogen-bond donors (Lipinski definition) is 3. The van der Waals surface area contributed by atoms with Gasteiger partial charge in [0, 0.05) is 12.5 Å². The van der Waals surface area contributed by atoms with Crippen LogP contribution in [0.3, 0.4) is 0 Å². The Morgan fingerprint density at radius 2 is 1.79 bits per heavy atom. The fourth-order valence-electron chi connectivity index (χ4n) is 4.81. The van der Waals surface area contributed by atoms with Crippen molar-refractivity contribution in [1.82, 2.24) is 20.3 Å². The number of rotatable bonds is 3. The number of allylic oxidation sites excluding steroid dienone is 1. The van der Waals surface area contributed by atoms with E-state index in [1.807, 2.05) is 0 Å². The molecule has 2 heterocycles. The van der Waals surface area contributed by atoms with Gasteiger partial charge >= 0.3 is 21.6 Å². The molecule has 1 aliphatic carbocycles. The molecule has 4 atom stereocenters. The summed E-state index contributed by atoms with van der Waals surface area (Å²) in [6.07, 6.45) is 5.92. The molecule has 0 aromatic carbocycles. The molecule has 0 spiro atoms.